The van der Waals surface area contributed by atoms with E-state index in [2.05, 4.69) is 4.98 Å². The first-order valence-electron chi connectivity index (χ1n) is 3.76. The SMILES string of the molecule is Cc1cnc(OC(C)C)n1C. The summed E-state index contributed by atoms with van der Waals surface area (Å²) in [5.74, 6) is 0. The Morgan fingerprint density at radius 1 is 1.55 bits per heavy atom. The van der Waals surface area contributed by atoms with Crippen molar-refractivity contribution in [2.24, 2.45) is 7.05 Å². The van der Waals surface area contributed by atoms with Gasteiger partial charge in [-0.1, -0.05) is 0 Å². The maximum absolute atomic E-state index is 5.42. The molecule has 11 heavy (non-hydrogen) atoms. The molecule has 0 amide bonds. The van der Waals surface area contributed by atoms with Crippen LogP contribution in [0, 0.1) is 6.92 Å². The van der Waals surface area contributed by atoms with E-state index in [9.17, 15) is 0 Å². The highest BCUT2D eigenvalue weighted by atomic mass is 16.5. The van der Waals surface area contributed by atoms with Crippen LogP contribution in [0.3, 0.4) is 0 Å². The second-order valence-electron chi connectivity index (χ2n) is 2.91. The predicted molar refractivity (Wildman–Crippen MR) is 43.7 cm³/mol. The van der Waals surface area contributed by atoms with E-state index >= 15 is 0 Å². The Bertz CT molecular complexity index is 240. The molecule has 3 heteroatoms. The van der Waals surface area contributed by atoms with Crippen molar-refractivity contribution in [2.75, 3.05) is 0 Å². The standard InChI is InChI=1S/C8H14N2O/c1-6(2)11-8-9-5-7(3)10(8)4/h5-6H,1-4H3. The summed E-state index contributed by atoms with van der Waals surface area (Å²) in [4.78, 5) is 4.10. The Kier molecular flexibility index (Phi) is 2.17. The molecule has 1 aromatic heterocycles. The van der Waals surface area contributed by atoms with Crippen LogP contribution >= 0.6 is 0 Å². The Hall–Kier alpha value is -0.990. The van der Waals surface area contributed by atoms with E-state index in [4.69, 9.17) is 4.74 Å². The van der Waals surface area contributed by atoms with Gasteiger partial charge in [0, 0.05) is 12.7 Å². The summed E-state index contributed by atoms with van der Waals surface area (Å²) in [5.41, 5.74) is 1.11. The summed E-state index contributed by atoms with van der Waals surface area (Å²) >= 11 is 0. The topological polar surface area (TPSA) is 27.1 Å². The van der Waals surface area contributed by atoms with Gasteiger partial charge in [0.2, 0.25) is 0 Å². The van der Waals surface area contributed by atoms with Crippen LogP contribution < -0.4 is 4.74 Å². The molecule has 0 saturated carbocycles. The van der Waals surface area contributed by atoms with Gasteiger partial charge >= 0.3 is 0 Å². The minimum Gasteiger partial charge on any atom is -0.462 e. The second kappa shape index (κ2) is 2.95. The molecule has 1 heterocycles. The molecule has 0 atom stereocenters. The maximum Gasteiger partial charge on any atom is 0.296 e. The summed E-state index contributed by atoms with van der Waals surface area (Å²) < 4.78 is 7.35. The molecule has 0 spiro atoms. The van der Waals surface area contributed by atoms with Crippen LogP contribution in [0.2, 0.25) is 0 Å². The molecule has 0 radical (unpaired) electrons. The largest absolute Gasteiger partial charge is 0.462 e. The number of rotatable bonds is 2. The summed E-state index contributed by atoms with van der Waals surface area (Å²) in [6, 6.07) is 0.692. The predicted octanol–water partition coefficient (Wildman–Crippen LogP) is 1.52. The quantitative estimate of drug-likeness (QED) is 0.645. The van der Waals surface area contributed by atoms with Crippen molar-refractivity contribution >= 4 is 0 Å². The third kappa shape index (κ3) is 1.73. The molecule has 3 nitrogen and oxygen atoms in total. The lowest BCUT2D eigenvalue weighted by Crippen LogP contribution is -2.09. The molecule has 0 saturated heterocycles. The minimum atomic E-state index is 0.190. The molecule has 0 aromatic carbocycles. The van der Waals surface area contributed by atoms with E-state index in [1.807, 2.05) is 32.4 Å². The Balaban J connectivity index is 2.79. The van der Waals surface area contributed by atoms with E-state index in [0.29, 0.717) is 6.01 Å². The van der Waals surface area contributed by atoms with E-state index in [-0.39, 0.29) is 6.10 Å². The van der Waals surface area contributed by atoms with Crippen molar-refractivity contribution in [2.45, 2.75) is 26.9 Å². The van der Waals surface area contributed by atoms with Crippen molar-refractivity contribution in [1.82, 2.24) is 9.55 Å². The molecule has 0 fully saturated rings. The highest BCUT2D eigenvalue weighted by Crippen LogP contribution is 2.10. The van der Waals surface area contributed by atoms with Gasteiger partial charge in [-0.15, -0.1) is 0 Å². The Labute approximate surface area is 67.0 Å². The zero-order valence-electron chi connectivity index (χ0n) is 7.46. The number of aromatic nitrogens is 2. The molecule has 0 N–H and O–H groups in total. The fraction of sp³-hybridized carbons (Fsp3) is 0.625. The van der Waals surface area contributed by atoms with Crippen molar-refractivity contribution in [3.05, 3.63) is 11.9 Å². The fourth-order valence-corrected chi connectivity index (χ4v) is 0.793. The zero-order chi connectivity index (χ0) is 8.43. The van der Waals surface area contributed by atoms with Crippen LogP contribution in [0.15, 0.2) is 6.20 Å². The van der Waals surface area contributed by atoms with Gasteiger partial charge in [0.25, 0.3) is 6.01 Å². The number of hydrogen-bond donors (Lipinski definition) is 0. The summed E-state index contributed by atoms with van der Waals surface area (Å²) in [7, 11) is 1.94. The molecule has 0 bridgehead atoms. The number of hydrogen-bond acceptors (Lipinski definition) is 2. The van der Waals surface area contributed by atoms with E-state index in [1.54, 1.807) is 6.20 Å². The van der Waals surface area contributed by atoms with Gasteiger partial charge in [-0.25, -0.2) is 4.98 Å². The Morgan fingerprint density at radius 3 is 2.55 bits per heavy atom. The molecular weight excluding hydrogens is 140 g/mol. The van der Waals surface area contributed by atoms with Crippen LogP contribution in [0.4, 0.5) is 0 Å². The van der Waals surface area contributed by atoms with Crippen molar-refractivity contribution in [3.8, 4) is 6.01 Å². The van der Waals surface area contributed by atoms with E-state index in [0.717, 1.165) is 5.69 Å². The highest BCUT2D eigenvalue weighted by molar-refractivity contribution is 5.06. The van der Waals surface area contributed by atoms with Crippen LogP contribution in [-0.4, -0.2) is 15.7 Å². The molecule has 0 unspecified atom stereocenters. The average molecular weight is 154 g/mol. The lowest BCUT2D eigenvalue weighted by Gasteiger charge is -2.08. The van der Waals surface area contributed by atoms with E-state index in [1.165, 1.54) is 0 Å². The smallest absolute Gasteiger partial charge is 0.296 e. The van der Waals surface area contributed by atoms with Gasteiger partial charge in [0.15, 0.2) is 0 Å². The van der Waals surface area contributed by atoms with Gasteiger partial charge < -0.3 is 9.30 Å². The lowest BCUT2D eigenvalue weighted by molar-refractivity contribution is 0.215. The first-order valence-corrected chi connectivity index (χ1v) is 3.76. The van der Waals surface area contributed by atoms with Crippen molar-refractivity contribution in [1.29, 1.82) is 0 Å². The third-order valence-corrected chi connectivity index (χ3v) is 1.52. The van der Waals surface area contributed by atoms with Crippen molar-refractivity contribution < 1.29 is 4.74 Å². The first kappa shape index (κ1) is 8.11. The van der Waals surface area contributed by atoms with Gasteiger partial charge in [0.05, 0.1) is 12.3 Å². The molecule has 0 aliphatic rings. The number of ether oxygens (including phenoxy) is 1. The molecule has 1 aromatic rings. The normalized spacial score (nSPS) is 10.6. The zero-order valence-corrected chi connectivity index (χ0v) is 7.46. The molecule has 62 valence electrons. The van der Waals surface area contributed by atoms with Crippen LogP contribution in [0.5, 0.6) is 6.01 Å². The molecule has 1 rings (SSSR count). The molecular formula is C8H14N2O. The number of aryl methyl sites for hydroxylation is 1. The van der Waals surface area contributed by atoms with Crippen LogP contribution in [-0.2, 0) is 7.05 Å². The van der Waals surface area contributed by atoms with Gasteiger partial charge in [-0.05, 0) is 20.8 Å². The van der Waals surface area contributed by atoms with Crippen LogP contribution in [0.25, 0.3) is 0 Å². The summed E-state index contributed by atoms with van der Waals surface area (Å²) in [6.45, 7) is 5.98. The fourth-order valence-electron chi connectivity index (χ4n) is 0.793. The first-order chi connectivity index (χ1) is 5.11. The van der Waals surface area contributed by atoms with Gasteiger partial charge in [-0.2, -0.15) is 0 Å². The van der Waals surface area contributed by atoms with Gasteiger partial charge in [-0.3, -0.25) is 0 Å². The highest BCUT2D eigenvalue weighted by Gasteiger charge is 2.04. The summed E-state index contributed by atoms with van der Waals surface area (Å²) in [6.07, 6.45) is 1.99. The number of imidazole rings is 1. The van der Waals surface area contributed by atoms with Gasteiger partial charge in [0.1, 0.15) is 0 Å². The maximum atomic E-state index is 5.42. The molecule has 0 aliphatic carbocycles. The van der Waals surface area contributed by atoms with E-state index < -0.39 is 0 Å². The van der Waals surface area contributed by atoms with Crippen LogP contribution in [0.1, 0.15) is 19.5 Å². The second-order valence-corrected chi connectivity index (χ2v) is 2.91. The number of nitrogens with zero attached hydrogens (tertiary/aromatic N) is 2. The lowest BCUT2D eigenvalue weighted by atomic mass is 10.5. The Morgan fingerprint density at radius 2 is 2.18 bits per heavy atom. The summed E-state index contributed by atoms with van der Waals surface area (Å²) in [5, 5.41) is 0. The molecule has 0 aliphatic heterocycles. The monoisotopic (exact) mass is 154 g/mol. The third-order valence-electron chi connectivity index (χ3n) is 1.52. The van der Waals surface area contributed by atoms with Crippen molar-refractivity contribution in [3.63, 3.8) is 0 Å². The average Bonchev–Trinajstić information content (AvgIpc) is 2.18. The minimum absolute atomic E-state index is 0.190.